The Hall–Kier alpha value is -5.20. The predicted octanol–water partition coefficient (Wildman–Crippen LogP) is 6.47. The van der Waals surface area contributed by atoms with E-state index >= 15 is 8.78 Å². The van der Waals surface area contributed by atoms with Gasteiger partial charge in [-0.25, -0.2) is 8.78 Å². The highest BCUT2D eigenvalue weighted by Gasteiger charge is 2.38. The number of carbonyl (C=O) groups is 2. The molecule has 5 rings (SSSR count). The van der Waals surface area contributed by atoms with Crippen LogP contribution in [0, 0.1) is 25.5 Å². The van der Waals surface area contributed by atoms with Gasteiger partial charge < -0.3 is 19.9 Å². The second-order valence-corrected chi connectivity index (χ2v) is 10.5. The van der Waals surface area contributed by atoms with Gasteiger partial charge in [0.15, 0.2) is 5.75 Å². The van der Waals surface area contributed by atoms with Crippen LogP contribution in [0.3, 0.4) is 0 Å². The minimum absolute atomic E-state index is 0.00312. The van der Waals surface area contributed by atoms with Gasteiger partial charge in [0.2, 0.25) is 5.91 Å². The molecule has 2 N–H and O–H groups in total. The number of nitrogens with zero attached hydrogens (tertiary/aromatic N) is 1. The molecule has 2 heterocycles. The van der Waals surface area contributed by atoms with Crippen molar-refractivity contribution < 1.29 is 46.1 Å². The molecule has 0 radical (unpaired) electrons. The topological polar surface area (TPSA) is 107 Å². The second-order valence-electron chi connectivity index (χ2n) is 10.5. The van der Waals surface area contributed by atoms with Gasteiger partial charge in [-0.05, 0) is 73.0 Å². The number of methoxy groups -OCH3 is 1. The number of ether oxygens (including phenoxy) is 2. The van der Waals surface area contributed by atoms with Gasteiger partial charge in [-0.2, -0.15) is 13.2 Å². The second kappa shape index (κ2) is 11.7. The third-order valence-corrected chi connectivity index (χ3v) is 7.48. The number of hydrogen-bond donors (Lipinski definition) is 2. The first-order valence-corrected chi connectivity index (χ1v) is 13.5. The van der Waals surface area contributed by atoms with Crippen LogP contribution in [0.2, 0.25) is 0 Å². The number of aryl methyl sites for hydroxylation is 2. The average Bonchev–Trinajstić information content (AvgIpc) is 2.96. The number of amides is 1. The summed E-state index contributed by atoms with van der Waals surface area (Å²) in [6, 6.07) is 8.18. The summed E-state index contributed by atoms with van der Waals surface area (Å²) in [4.78, 5) is 39.3. The fraction of sp³-hybridized carbons (Fsp3) is 0.219. The van der Waals surface area contributed by atoms with E-state index in [0.717, 1.165) is 19.2 Å². The molecule has 1 aliphatic rings. The standard InChI is InChI=1S/C32H25F5N2O6/c1-15-5-4-6-24-26(15)17-11-16(2)27(34)20(12-17)23(14-25(40)41)38-30(42)28(19-13-18(45-24)7-8-22(19)33)39-10-9-21(32(35,36)37)29(44-3)31(39)43/h4-13,23,28H,14H2,1-3H3,(H,38,42)(H,40,41). The molecular formula is C32H25F5N2O6. The molecule has 0 saturated heterocycles. The highest BCUT2D eigenvalue weighted by atomic mass is 19.4. The Morgan fingerprint density at radius 3 is 2.42 bits per heavy atom. The van der Waals surface area contributed by atoms with E-state index in [2.05, 4.69) is 5.32 Å². The molecular weight excluding hydrogens is 603 g/mol. The minimum Gasteiger partial charge on any atom is -0.491 e. The van der Waals surface area contributed by atoms with Gasteiger partial charge in [-0.15, -0.1) is 0 Å². The smallest absolute Gasteiger partial charge is 0.420 e. The molecule has 0 aliphatic carbocycles. The molecule has 2 unspecified atom stereocenters. The number of hydrogen-bond acceptors (Lipinski definition) is 5. The zero-order valence-corrected chi connectivity index (χ0v) is 24.0. The van der Waals surface area contributed by atoms with Crippen molar-refractivity contribution in [3.05, 3.63) is 111 Å². The van der Waals surface area contributed by atoms with E-state index in [0.29, 0.717) is 33.5 Å². The maximum absolute atomic E-state index is 15.7. The summed E-state index contributed by atoms with van der Waals surface area (Å²) in [5.41, 5.74) is -1.83. The summed E-state index contributed by atoms with van der Waals surface area (Å²) < 4.78 is 83.7. The van der Waals surface area contributed by atoms with Crippen LogP contribution in [-0.2, 0) is 15.8 Å². The molecule has 8 nitrogen and oxygen atoms in total. The van der Waals surface area contributed by atoms with Crippen molar-refractivity contribution >= 4 is 11.9 Å². The van der Waals surface area contributed by atoms with Crippen LogP contribution < -0.4 is 20.3 Å². The molecule has 13 heteroatoms. The van der Waals surface area contributed by atoms with E-state index in [1.807, 2.05) is 0 Å². The van der Waals surface area contributed by atoms with Crippen LogP contribution in [0.1, 0.15) is 46.3 Å². The largest absolute Gasteiger partial charge is 0.491 e. The SMILES string of the molecule is COc1c(C(F)(F)F)ccn(C2C(=O)NC(CC(=O)O)c3cc(cc(C)c3F)-c3c(C)cccc3Oc3ccc(F)c2c3)c1=O. The number of nitrogens with one attached hydrogen (secondary N) is 1. The van der Waals surface area contributed by atoms with Gasteiger partial charge in [0, 0.05) is 22.9 Å². The van der Waals surface area contributed by atoms with E-state index in [9.17, 15) is 32.7 Å². The molecule has 234 valence electrons. The average molecular weight is 629 g/mol. The van der Waals surface area contributed by atoms with Crippen molar-refractivity contribution in [3.63, 3.8) is 0 Å². The molecule has 0 fully saturated rings. The number of halogens is 5. The summed E-state index contributed by atoms with van der Waals surface area (Å²) in [5, 5.41) is 12.1. The number of aliphatic carboxylic acids is 1. The zero-order chi connectivity index (χ0) is 32.8. The van der Waals surface area contributed by atoms with Crippen LogP contribution in [0.15, 0.2) is 65.6 Å². The Bertz CT molecular complexity index is 1900. The molecule has 0 saturated carbocycles. The van der Waals surface area contributed by atoms with Crippen molar-refractivity contribution in [2.45, 2.75) is 38.5 Å². The van der Waals surface area contributed by atoms with E-state index in [4.69, 9.17) is 9.47 Å². The number of rotatable bonds is 4. The lowest BCUT2D eigenvalue weighted by molar-refractivity contribution is -0.139. The first-order valence-electron chi connectivity index (χ1n) is 13.5. The molecule has 2 atom stereocenters. The molecule has 1 aromatic heterocycles. The Morgan fingerprint density at radius 1 is 1.02 bits per heavy atom. The lowest BCUT2D eigenvalue weighted by Gasteiger charge is -2.26. The number of alkyl halides is 3. The quantitative estimate of drug-likeness (QED) is 0.251. The number of pyridine rings is 1. The number of fused-ring (bicyclic) bond motifs is 6. The zero-order valence-electron chi connectivity index (χ0n) is 24.0. The molecule has 4 aromatic rings. The summed E-state index contributed by atoms with van der Waals surface area (Å²) >= 11 is 0. The van der Waals surface area contributed by atoms with Crippen molar-refractivity contribution in [2.24, 2.45) is 0 Å². The normalized spacial score (nSPS) is 16.3. The minimum atomic E-state index is -5.01. The third kappa shape index (κ3) is 5.85. The number of benzene rings is 3. The summed E-state index contributed by atoms with van der Waals surface area (Å²) in [6.45, 7) is 3.22. The van der Waals surface area contributed by atoms with Crippen molar-refractivity contribution in [1.29, 1.82) is 0 Å². The lowest BCUT2D eigenvalue weighted by Crippen LogP contribution is -2.41. The molecule has 45 heavy (non-hydrogen) atoms. The molecule has 3 aromatic carbocycles. The highest BCUT2D eigenvalue weighted by molar-refractivity contribution is 5.85. The monoisotopic (exact) mass is 628 g/mol. The summed E-state index contributed by atoms with van der Waals surface area (Å²) in [6.07, 6.45) is -5.18. The highest BCUT2D eigenvalue weighted by Crippen LogP contribution is 2.41. The van der Waals surface area contributed by atoms with E-state index in [1.54, 1.807) is 25.1 Å². The van der Waals surface area contributed by atoms with Gasteiger partial charge in [-0.3, -0.25) is 19.0 Å². The Kier molecular flexibility index (Phi) is 8.13. The van der Waals surface area contributed by atoms with Gasteiger partial charge in [0.25, 0.3) is 5.56 Å². The number of carboxylic acid groups (broad SMARTS) is 1. The van der Waals surface area contributed by atoms with Crippen molar-refractivity contribution in [3.8, 4) is 28.4 Å². The van der Waals surface area contributed by atoms with Crippen LogP contribution in [0.4, 0.5) is 22.0 Å². The van der Waals surface area contributed by atoms with Gasteiger partial charge >= 0.3 is 12.1 Å². The molecule has 1 amide bonds. The Morgan fingerprint density at radius 2 is 1.76 bits per heavy atom. The van der Waals surface area contributed by atoms with Crippen molar-refractivity contribution in [2.75, 3.05) is 7.11 Å². The maximum atomic E-state index is 15.7. The van der Waals surface area contributed by atoms with E-state index < -0.39 is 70.6 Å². The summed E-state index contributed by atoms with van der Waals surface area (Å²) in [5.74, 6) is -5.40. The summed E-state index contributed by atoms with van der Waals surface area (Å²) in [7, 11) is 0.830. The maximum Gasteiger partial charge on any atom is 0.420 e. The molecule has 1 aliphatic heterocycles. The first kappa shape index (κ1) is 31.2. The van der Waals surface area contributed by atoms with Crippen LogP contribution in [0.5, 0.6) is 17.2 Å². The van der Waals surface area contributed by atoms with Crippen LogP contribution >= 0.6 is 0 Å². The Balaban J connectivity index is 1.84. The van der Waals surface area contributed by atoms with E-state index in [-0.39, 0.29) is 22.6 Å². The lowest BCUT2D eigenvalue weighted by atomic mass is 9.92. The number of carboxylic acids is 1. The van der Waals surface area contributed by atoms with Crippen molar-refractivity contribution in [1.82, 2.24) is 9.88 Å². The van der Waals surface area contributed by atoms with Gasteiger partial charge in [0.1, 0.15) is 34.7 Å². The predicted molar refractivity (Wildman–Crippen MR) is 151 cm³/mol. The fourth-order valence-electron chi connectivity index (χ4n) is 5.45. The van der Waals surface area contributed by atoms with Crippen LogP contribution in [-0.4, -0.2) is 28.7 Å². The Labute approximate surface area is 252 Å². The van der Waals surface area contributed by atoms with Crippen LogP contribution in [0.25, 0.3) is 11.1 Å². The number of carbonyl (C=O) groups excluding carboxylic acids is 1. The molecule has 4 bridgehead atoms. The first-order chi connectivity index (χ1) is 21.2. The van der Waals surface area contributed by atoms with Gasteiger partial charge in [-0.1, -0.05) is 12.1 Å². The van der Waals surface area contributed by atoms with E-state index in [1.165, 1.54) is 25.1 Å². The number of aromatic nitrogens is 1. The van der Waals surface area contributed by atoms with Gasteiger partial charge in [0.05, 0.1) is 19.6 Å². The molecule has 0 spiro atoms. The third-order valence-electron chi connectivity index (χ3n) is 7.48. The fourth-order valence-corrected chi connectivity index (χ4v) is 5.45.